The van der Waals surface area contributed by atoms with E-state index in [4.69, 9.17) is 27.9 Å². The van der Waals surface area contributed by atoms with Crippen LogP contribution in [0, 0.1) is 25.2 Å². The van der Waals surface area contributed by atoms with Crippen molar-refractivity contribution in [1.82, 2.24) is 4.57 Å². The van der Waals surface area contributed by atoms with Crippen LogP contribution < -0.4 is 4.74 Å². The Kier molecular flexibility index (Phi) is 6.36. The van der Waals surface area contributed by atoms with Gasteiger partial charge in [-0.05, 0) is 67.6 Å². The highest BCUT2D eigenvalue weighted by Crippen LogP contribution is 2.30. The number of rotatable bonds is 7. The second-order valence-corrected chi connectivity index (χ2v) is 7.72. The van der Waals surface area contributed by atoms with Gasteiger partial charge in [-0.25, -0.2) is 0 Å². The third-order valence-electron chi connectivity index (χ3n) is 4.78. The summed E-state index contributed by atoms with van der Waals surface area (Å²) in [4.78, 5) is 11.3. The molecule has 7 heteroatoms. The summed E-state index contributed by atoms with van der Waals surface area (Å²) in [5, 5.41) is 21.0. The maximum absolute atomic E-state index is 11.3. The molecular formula is C22H20Cl2N2O3. The third-order valence-corrected chi connectivity index (χ3v) is 5.61. The van der Waals surface area contributed by atoms with Crippen molar-refractivity contribution in [2.45, 2.75) is 33.2 Å². The lowest BCUT2D eigenvalue weighted by atomic mass is 10.1. The molecule has 0 atom stereocenters. The van der Waals surface area contributed by atoms with E-state index in [0.29, 0.717) is 35.7 Å². The summed E-state index contributed by atoms with van der Waals surface area (Å²) >= 11 is 12.3. The number of fused-ring (bicyclic) bond motifs is 1. The number of carboxylic acid groups (broad SMARTS) is 1. The average Bonchev–Trinajstić information content (AvgIpc) is 2.94. The standard InChI is InChI=1S/C22H20Cl2N2O3/c1-13-8-16(9-14(2)22(13)24)29-7-3-4-17-18-6-5-15(23)10-19(18)26(12-21(27)28)20(17)11-25/h5-6,8-10H,3-4,7,12H2,1-2H3,(H,27,28). The number of hydrogen-bond acceptors (Lipinski definition) is 3. The summed E-state index contributed by atoms with van der Waals surface area (Å²) in [6.45, 7) is 4.04. The van der Waals surface area contributed by atoms with Gasteiger partial charge < -0.3 is 14.4 Å². The second kappa shape index (κ2) is 8.77. The summed E-state index contributed by atoms with van der Waals surface area (Å²) in [6.07, 6.45) is 1.25. The van der Waals surface area contributed by atoms with Crippen LogP contribution in [0.1, 0.15) is 28.8 Å². The van der Waals surface area contributed by atoms with Crippen LogP contribution in [-0.4, -0.2) is 22.2 Å². The predicted octanol–water partition coefficient (Wildman–Crippen LogP) is 5.53. The van der Waals surface area contributed by atoms with Crippen molar-refractivity contribution in [1.29, 1.82) is 5.26 Å². The smallest absolute Gasteiger partial charge is 0.323 e. The van der Waals surface area contributed by atoms with Gasteiger partial charge in [0.1, 0.15) is 24.1 Å². The Balaban J connectivity index is 1.81. The molecule has 0 unspecified atom stereocenters. The molecule has 0 bridgehead atoms. The van der Waals surface area contributed by atoms with Gasteiger partial charge in [-0.3, -0.25) is 4.79 Å². The van der Waals surface area contributed by atoms with Gasteiger partial charge >= 0.3 is 5.97 Å². The molecule has 1 aromatic heterocycles. The van der Waals surface area contributed by atoms with Crippen LogP contribution in [0.25, 0.3) is 10.9 Å². The zero-order valence-electron chi connectivity index (χ0n) is 16.1. The Labute approximate surface area is 179 Å². The highest BCUT2D eigenvalue weighted by atomic mass is 35.5. The summed E-state index contributed by atoms with van der Waals surface area (Å²) in [5.41, 5.74) is 3.73. The number of nitrogens with zero attached hydrogens (tertiary/aromatic N) is 2. The molecule has 0 spiro atoms. The minimum absolute atomic E-state index is 0.292. The molecule has 0 radical (unpaired) electrons. The second-order valence-electron chi connectivity index (χ2n) is 6.90. The average molecular weight is 431 g/mol. The van der Waals surface area contributed by atoms with Crippen molar-refractivity contribution >= 4 is 40.1 Å². The van der Waals surface area contributed by atoms with Gasteiger partial charge in [0.25, 0.3) is 0 Å². The number of halogens is 2. The van der Waals surface area contributed by atoms with E-state index >= 15 is 0 Å². The van der Waals surface area contributed by atoms with Gasteiger partial charge in [0.05, 0.1) is 12.1 Å². The van der Waals surface area contributed by atoms with Gasteiger partial charge in [-0.15, -0.1) is 0 Å². The summed E-state index contributed by atoms with van der Waals surface area (Å²) < 4.78 is 7.36. The third kappa shape index (κ3) is 4.50. The molecule has 1 N–H and O–H groups in total. The van der Waals surface area contributed by atoms with E-state index in [9.17, 15) is 15.2 Å². The fraction of sp³-hybridized carbons (Fsp3) is 0.273. The highest BCUT2D eigenvalue weighted by Gasteiger charge is 2.19. The molecule has 0 saturated heterocycles. The van der Waals surface area contributed by atoms with Gasteiger partial charge in [0.2, 0.25) is 0 Å². The van der Waals surface area contributed by atoms with Crippen LogP contribution in [0.2, 0.25) is 10.0 Å². The van der Waals surface area contributed by atoms with Crippen molar-refractivity contribution in [2.24, 2.45) is 0 Å². The molecule has 0 saturated carbocycles. The topological polar surface area (TPSA) is 75.2 Å². The zero-order valence-corrected chi connectivity index (χ0v) is 17.6. The molecule has 2 aromatic carbocycles. The van der Waals surface area contributed by atoms with Crippen LogP contribution >= 0.6 is 23.2 Å². The van der Waals surface area contributed by atoms with Gasteiger partial charge in [-0.2, -0.15) is 5.26 Å². The van der Waals surface area contributed by atoms with Crippen LogP contribution in [0.15, 0.2) is 30.3 Å². The summed E-state index contributed by atoms with van der Waals surface area (Å²) in [5.74, 6) is -0.258. The molecule has 150 valence electrons. The number of aryl methyl sites for hydroxylation is 3. The number of carbonyl (C=O) groups is 1. The monoisotopic (exact) mass is 430 g/mol. The molecule has 3 rings (SSSR count). The van der Waals surface area contributed by atoms with Crippen LogP contribution in [-0.2, 0) is 17.8 Å². The number of hydrogen-bond donors (Lipinski definition) is 1. The number of aromatic nitrogens is 1. The Morgan fingerprint density at radius 1 is 1.21 bits per heavy atom. The summed E-state index contributed by atoms with van der Waals surface area (Å²) in [7, 11) is 0. The fourth-order valence-electron chi connectivity index (χ4n) is 3.50. The van der Waals surface area contributed by atoms with E-state index in [-0.39, 0.29) is 6.54 Å². The van der Waals surface area contributed by atoms with E-state index in [2.05, 4.69) is 6.07 Å². The Hall–Kier alpha value is -2.68. The highest BCUT2D eigenvalue weighted by molar-refractivity contribution is 6.32. The maximum atomic E-state index is 11.3. The SMILES string of the molecule is Cc1cc(OCCCc2c(C#N)n(CC(=O)O)c3cc(Cl)ccc23)cc(C)c1Cl. The van der Waals surface area contributed by atoms with E-state index in [1.807, 2.05) is 32.0 Å². The number of ether oxygens (including phenoxy) is 1. The van der Waals surface area contributed by atoms with Crippen LogP contribution in [0.4, 0.5) is 0 Å². The molecule has 0 aliphatic carbocycles. The molecule has 1 heterocycles. The molecule has 0 aliphatic heterocycles. The Morgan fingerprint density at radius 2 is 1.90 bits per heavy atom. The van der Waals surface area contributed by atoms with E-state index in [1.54, 1.807) is 12.1 Å². The molecule has 0 fully saturated rings. The van der Waals surface area contributed by atoms with Gasteiger partial charge in [-0.1, -0.05) is 29.3 Å². The minimum Gasteiger partial charge on any atom is -0.494 e. The quantitative estimate of drug-likeness (QED) is 0.499. The lowest BCUT2D eigenvalue weighted by Crippen LogP contribution is -2.10. The molecule has 29 heavy (non-hydrogen) atoms. The zero-order chi connectivity index (χ0) is 21.1. The normalized spacial score (nSPS) is 10.9. The molecular weight excluding hydrogens is 411 g/mol. The Morgan fingerprint density at radius 3 is 2.52 bits per heavy atom. The van der Waals surface area contributed by atoms with Crippen molar-refractivity contribution < 1.29 is 14.6 Å². The number of carboxylic acids is 1. The number of aliphatic carboxylic acids is 1. The molecule has 3 aromatic rings. The van der Waals surface area contributed by atoms with Crippen molar-refractivity contribution in [3.63, 3.8) is 0 Å². The fourth-order valence-corrected chi connectivity index (χ4v) is 3.78. The van der Waals surface area contributed by atoms with E-state index in [1.165, 1.54) is 4.57 Å². The largest absolute Gasteiger partial charge is 0.494 e. The van der Waals surface area contributed by atoms with Gasteiger partial charge in [0.15, 0.2) is 0 Å². The maximum Gasteiger partial charge on any atom is 0.323 e. The van der Waals surface area contributed by atoms with Crippen LogP contribution in [0.5, 0.6) is 5.75 Å². The van der Waals surface area contributed by atoms with Crippen molar-refractivity contribution in [2.75, 3.05) is 6.61 Å². The first-order valence-corrected chi connectivity index (χ1v) is 9.89. The van der Waals surface area contributed by atoms with Crippen molar-refractivity contribution in [3.8, 4) is 11.8 Å². The molecule has 5 nitrogen and oxygen atoms in total. The first kappa shape index (κ1) is 21.0. The van der Waals surface area contributed by atoms with Crippen LogP contribution in [0.3, 0.4) is 0 Å². The van der Waals surface area contributed by atoms with Crippen molar-refractivity contribution in [3.05, 3.63) is 62.8 Å². The van der Waals surface area contributed by atoms with Gasteiger partial charge in [0, 0.05) is 15.4 Å². The first-order valence-electron chi connectivity index (χ1n) is 9.14. The van der Waals surface area contributed by atoms with E-state index in [0.717, 1.165) is 32.8 Å². The molecule has 0 aliphatic rings. The lowest BCUT2D eigenvalue weighted by molar-refractivity contribution is -0.137. The Bertz CT molecular complexity index is 1110. The van der Waals surface area contributed by atoms with E-state index < -0.39 is 5.97 Å². The lowest BCUT2D eigenvalue weighted by Gasteiger charge is -2.10. The molecule has 0 amide bonds. The predicted molar refractivity (Wildman–Crippen MR) is 114 cm³/mol. The first-order chi connectivity index (χ1) is 13.8. The summed E-state index contributed by atoms with van der Waals surface area (Å²) in [6, 6.07) is 11.2. The number of nitriles is 1. The minimum atomic E-state index is -1.01. The number of benzene rings is 2.